The quantitative estimate of drug-likeness (QED) is 0.158. The first-order valence-corrected chi connectivity index (χ1v) is 21.3. The van der Waals surface area contributed by atoms with E-state index >= 15 is 0 Å². The predicted molar refractivity (Wildman–Crippen MR) is 250 cm³/mol. The number of hydrogen-bond donors (Lipinski definition) is 0. The lowest BCUT2D eigenvalue weighted by Gasteiger charge is -2.28. The van der Waals surface area contributed by atoms with Crippen LogP contribution < -0.4 is 0 Å². The van der Waals surface area contributed by atoms with Gasteiger partial charge in [-0.3, -0.25) is 0 Å². The lowest BCUT2D eigenvalue weighted by atomic mass is 9.75. The van der Waals surface area contributed by atoms with Crippen LogP contribution in [-0.4, -0.2) is 0 Å². The summed E-state index contributed by atoms with van der Waals surface area (Å²) in [4.78, 5) is 0. The van der Waals surface area contributed by atoms with Crippen LogP contribution >= 0.6 is 0 Å². The molecule has 0 atom stereocenters. The van der Waals surface area contributed by atoms with Crippen LogP contribution in [0.4, 0.5) is 0 Å². The second kappa shape index (κ2) is 11.8. The monoisotopic (exact) mass is 754 g/mol. The van der Waals surface area contributed by atoms with Crippen LogP contribution in [0.25, 0.3) is 88.3 Å². The lowest BCUT2D eigenvalue weighted by Crippen LogP contribution is -2.18. The minimum Gasteiger partial charge on any atom is -0.0622 e. The third-order valence-electron chi connectivity index (χ3n) is 14.6. The smallest absolute Gasteiger partial charge is 0.0165 e. The number of hydrogen-bond acceptors (Lipinski definition) is 0. The normalized spacial score (nSPS) is 15.7. The summed E-state index contributed by atoms with van der Waals surface area (Å²) in [5.74, 6) is 0. The highest BCUT2D eigenvalue weighted by Crippen LogP contribution is 2.62. The Morgan fingerprint density at radius 3 is 1.39 bits per heavy atom. The molecule has 0 amide bonds. The topological polar surface area (TPSA) is 0 Å². The van der Waals surface area contributed by atoms with Gasteiger partial charge in [0.05, 0.1) is 0 Å². The van der Waals surface area contributed by atoms with E-state index in [-0.39, 0.29) is 16.2 Å². The molecule has 59 heavy (non-hydrogen) atoms. The van der Waals surface area contributed by atoms with Crippen molar-refractivity contribution in [3.8, 4) is 66.8 Å². The van der Waals surface area contributed by atoms with Gasteiger partial charge in [-0.1, -0.05) is 193 Å². The maximum Gasteiger partial charge on any atom is 0.0165 e. The Hall–Kier alpha value is -6.50. The van der Waals surface area contributed by atoms with Crippen LogP contribution in [0.5, 0.6) is 0 Å². The Morgan fingerprint density at radius 1 is 0.254 bits per heavy atom. The van der Waals surface area contributed by atoms with Gasteiger partial charge in [0.15, 0.2) is 0 Å². The zero-order valence-corrected chi connectivity index (χ0v) is 34.7. The van der Waals surface area contributed by atoms with Gasteiger partial charge in [-0.25, -0.2) is 0 Å². The first kappa shape index (κ1) is 34.5. The molecule has 0 aliphatic heterocycles. The van der Waals surface area contributed by atoms with Crippen molar-refractivity contribution >= 4 is 21.5 Å². The molecule has 0 saturated carbocycles. The predicted octanol–water partition coefficient (Wildman–Crippen LogP) is 15.9. The second-order valence-corrected chi connectivity index (χ2v) is 18.8. The van der Waals surface area contributed by atoms with E-state index in [0.29, 0.717) is 0 Å². The van der Waals surface area contributed by atoms with Gasteiger partial charge in [-0.2, -0.15) is 0 Å². The minimum absolute atomic E-state index is 0.101. The third kappa shape index (κ3) is 4.50. The van der Waals surface area contributed by atoms with Crippen LogP contribution in [0.2, 0.25) is 0 Å². The highest BCUT2D eigenvalue weighted by atomic mass is 14.5. The Morgan fingerprint density at radius 2 is 0.746 bits per heavy atom. The average Bonchev–Trinajstić information content (AvgIpc) is 3.74. The third-order valence-corrected chi connectivity index (χ3v) is 14.6. The molecule has 0 radical (unpaired) electrons. The van der Waals surface area contributed by atoms with Crippen molar-refractivity contribution in [2.75, 3.05) is 0 Å². The summed E-state index contributed by atoms with van der Waals surface area (Å²) in [6.07, 6.45) is 0. The molecule has 9 aromatic rings. The number of fused-ring (bicyclic) bond motifs is 12. The highest BCUT2D eigenvalue weighted by Gasteiger charge is 2.46. The van der Waals surface area contributed by atoms with Gasteiger partial charge >= 0.3 is 0 Å². The van der Waals surface area contributed by atoms with Gasteiger partial charge in [-0.05, 0) is 140 Å². The van der Waals surface area contributed by atoms with E-state index in [1.165, 1.54) is 122 Å². The van der Waals surface area contributed by atoms with Gasteiger partial charge in [-0.15, -0.1) is 0 Å². The van der Waals surface area contributed by atoms with E-state index in [9.17, 15) is 0 Å². The molecule has 0 aromatic heterocycles. The zero-order valence-electron chi connectivity index (χ0n) is 34.7. The molecular formula is C59H46. The van der Waals surface area contributed by atoms with Gasteiger partial charge in [0.25, 0.3) is 0 Å². The Balaban J connectivity index is 1.07. The van der Waals surface area contributed by atoms with Gasteiger partial charge in [0, 0.05) is 16.2 Å². The highest BCUT2D eigenvalue weighted by molar-refractivity contribution is 6.21. The standard InChI is InChI=1S/C59H46/c1-57(2)49-31-29-36(45-34-51-55(44-25-15-16-26-47(44)58(51,3)4)56-54(45)43-24-14-17-27-48(43)59(56,5)6)32-46(49)38-30-28-37(33-50(38)57)53-41-22-12-10-20-39(41)52(35-18-8-7-9-19-35)40-21-11-13-23-42(40)53/h7-34H,1-6H3. The summed E-state index contributed by atoms with van der Waals surface area (Å²) in [7, 11) is 0. The maximum atomic E-state index is 2.56. The van der Waals surface area contributed by atoms with Gasteiger partial charge in [0.1, 0.15) is 0 Å². The largest absolute Gasteiger partial charge is 0.0622 e. The summed E-state index contributed by atoms with van der Waals surface area (Å²) in [5, 5.41) is 5.16. The summed E-state index contributed by atoms with van der Waals surface area (Å²) in [6, 6.07) is 64.4. The minimum atomic E-state index is -0.160. The molecule has 0 heterocycles. The Bertz CT molecular complexity index is 3220. The zero-order chi connectivity index (χ0) is 40.0. The van der Waals surface area contributed by atoms with Crippen molar-refractivity contribution in [2.24, 2.45) is 0 Å². The maximum absolute atomic E-state index is 2.56. The molecule has 0 heteroatoms. The first-order valence-electron chi connectivity index (χ1n) is 21.3. The molecule has 3 aliphatic rings. The van der Waals surface area contributed by atoms with Crippen molar-refractivity contribution in [3.63, 3.8) is 0 Å². The van der Waals surface area contributed by atoms with Crippen molar-refractivity contribution < 1.29 is 0 Å². The number of rotatable bonds is 3. The molecule has 0 bridgehead atoms. The molecule has 12 rings (SSSR count). The van der Waals surface area contributed by atoms with Crippen LogP contribution in [0.3, 0.4) is 0 Å². The SMILES string of the molecule is CC1(C)c2ccc(-c3cc4c(c5c3-c3ccccc3C5(C)C)-c3ccccc3C4(C)C)cc2-c2ccc(-c3c4ccccc4c(-c4ccccc4)c4ccccc34)cc21. The average molecular weight is 755 g/mol. The molecular weight excluding hydrogens is 709 g/mol. The van der Waals surface area contributed by atoms with E-state index in [4.69, 9.17) is 0 Å². The summed E-state index contributed by atoms with van der Waals surface area (Å²) in [6.45, 7) is 14.6. The van der Waals surface area contributed by atoms with Crippen LogP contribution in [-0.2, 0) is 16.2 Å². The van der Waals surface area contributed by atoms with E-state index < -0.39 is 0 Å². The molecule has 282 valence electrons. The fourth-order valence-electron chi connectivity index (χ4n) is 11.8. The molecule has 0 N–H and O–H groups in total. The Labute approximate surface area is 347 Å². The summed E-state index contributed by atoms with van der Waals surface area (Å²) < 4.78 is 0. The van der Waals surface area contributed by atoms with E-state index in [0.717, 1.165) is 0 Å². The summed E-state index contributed by atoms with van der Waals surface area (Å²) in [5.41, 5.74) is 24.3. The van der Waals surface area contributed by atoms with Crippen LogP contribution in [0.1, 0.15) is 74.9 Å². The van der Waals surface area contributed by atoms with E-state index in [2.05, 4.69) is 211 Å². The van der Waals surface area contributed by atoms with Gasteiger partial charge in [0.2, 0.25) is 0 Å². The van der Waals surface area contributed by atoms with Crippen molar-refractivity contribution in [3.05, 3.63) is 203 Å². The van der Waals surface area contributed by atoms with Crippen molar-refractivity contribution in [1.29, 1.82) is 0 Å². The lowest BCUT2D eigenvalue weighted by molar-refractivity contribution is 0.648. The molecule has 9 aromatic carbocycles. The van der Waals surface area contributed by atoms with E-state index in [1.807, 2.05) is 0 Å². The Kier molecular flexibility index (Phi) is 6.91. The molecule has 0 unspecified atom stereocenters. The molecule has 0 fully saturated rings. The van der Waals surface area contributed by atoms with Crippen LogP contribution in [0, 0.1) is 0 Å². The first-order chi connectivity index (χ1) is 28.6. The molecule has 0 nitrogen and oxygen atoms in total. The number of benzene rings is 9. The second-order valence-electron chi connectivity index (χ2n) is 18.8. The van der Waals surface area contributed by atoms with E-state index in [1.54, 1.807) is 0 Å². The van der Waals surface area contributed by atoms with Crippen molar-refractivity contribution in [1.82, 2.24) is 0 Å². The van der Waals surface area contributed by atoms with Crippen LogP contribution in [0.15, 0.2) is 170 Å². The fourth-order valence-corrected chi connectivity index (χ4v) is 11.8. The van der Waals surface area contributed by atoms with Gasteiger partial charge < -0.3 is 0 Å². The molecule has 0 spiro atoms. The summed E-state index contributed by atoms with van der Waals surface area (Å²) >= 11 is 0. The fraction of sp³-hybridized carbons (Fsp3) is 0.153. The molecule has 0 saturated heterocycles. The van der Waals surface area contributed by atoms with Crippen molar-refractivity contribution in [2.45, 2.75) is 57.8 Å². The molecule has 3 aliphatic carbocycles.